The lowest BCUT2D eigenvalue weighted by Gasteiger charge is -2.44. The third kappa shape index (κ3) is 5.71. The predicted octanol–water partition coefficient (Wildman–Crippen LogP) is 4.51. The summed E-state index contributed by atoms with van der Waals surface area (Å²) in [6.45, 7) is 6.09. The van der Waals surface area contributed by atoms with Gasteiger partial charge in [0.2, 0.25) is 10.0 Å². The first kappa shape index (κ1) is 26.8. The van der Waals surface area contributed by atoms with Crippen LogP contribution in [0, 0.1) is 13.8 Å². The van der Waals surface area contributed by atoms with Gasteiger partial charge in [0.15, 0.2) is 0 Å². The van der Waals surface area contributed by atoms with Crippen molar-refractivity contribution in [2.24, 2.45) is 4.40 Å². The number of amidine groups is 1. The molecule has 0 amide bonds. The minimum atomic E-state index is -3.99. The summed E-state index contributed by atoms with van der Waals surface area (Å²) in [5, 5.41) is 0. The Bertz CT molecular complexity index is 1480. The van der Waals surface area contributed by atoms with E-state index in [0.29, 0.717) is 24.3 Å². The van der Waals surface area contributed by atoms with Crippen molar-refractivity contribution >= 4 is 25.9 Å². The molecular formula is C27H31N3O5S2. The lowest BCUT2D eigenvalue weighted by molar-refractivity contribution is 0.124. The van der Waals surface area contributed by atoms with Gasteiger partial charge in [-0.1, -0.05) is 47.5 Å². The van der Waals surface area contributed by atoms with Gasteiger partial charge in [0.25, 0.3) is 10.0 Å². The molecule has 4 rings (SSSR count). The van der Waals surface area contributed by atoms with Gasteiger partial charge in [-0.15, -0.1) is 4.40 Å². The summed E-state index contributed by atoms with van der Waals surface area (Å²) in [6, 6.07) is 20.3. The molecule has 37 heavy (non-hydrogen) atoms. The molecule has 1 aliphatic rings. The number of nitrogens with zero attached hydrogens (tertiary/aromatic N) is 3. The van der Waals surface area contributed by atoms with E-state index >= 15 is 0 Å². The molecule has 0 aromatic heterocycles. The SMILES string of the molecule is COc1ccc([C@@H]2N(C(C)=NS(=O)(=O)c3ccc(C)cc3)CCCN2S(=O)(=O)c2ccc(C)cc2)cc1. The van der Waals surface area contributed by atoms with Gasteiger partial charge in [-0.25, -0.2) is 8.42 Å². The highest BCUT2D eigenvalue weighted by Crippen LogP contribution is 2.35. The van der Waals surface area contributed by atoms with E-state index in [1.165, 1.54) is 16.4 Å². The number of ether oxygens (including phenoxy) is 1. The summed E-state index contributed by atoms with van der Waals surface area (Å²) in [7, 11) is -6.34. The van der Waals surface area contributed by atoms with E-state index in [4.69, 9.17) is 4.74 Å². The highest BCUT2D eigenvalue weighted by Gasteiger charge is 2.39. The van der Waals surface area contributed by atoms with Crippen LogP contribution in [0.3, 0.4) is 0 Å². The van der Waals surface area contributed by atoms with Gasteiger partial charge in [-0.2, -0.15) is 12.7 Å². The van der Waals surface area contributed by atoms with Crippen LogP contribution in [-0.4, -0.2) is 52.1 Å². The average Bonchev–Trinajstić information content (AvgIpc) is 2.88. The Hall–Kier alpha value is -3.21. The van der Waals surface area contributed by atoms with Gasteiger partial charge in [-0.3, -0.25) is 0 Å². The molecule has 3 aromatic carbocycles. The molecule has 0 N–H and O–H groups in total. The maximum atomic E-state index is 13.8. The van der Waals surface area contributed by atoms with Gasteiger partial charge >= 0.3 is 0 Å². The van der Waals surface area contributed by atoms with Crippen LogP contribution >= 0.6 is 0 Å². The van der Waals surface area contributed by atoms with Crippen LogP contribution in [0.4, 0.5) is 0 Å². The van der Waals surface area contributed by atoms with Crippen molar-refractivity contribution in [2.75, 3.05) is 20.2 Å². The molecule has 1 heterocycles. The van der Waals surface area contributed by atoms with Gasteiger partial charge < -0.3 is 9.64 Å². The quantitative estimate of drug-likeness (QED) is 0.336. The Morgan fingerprint density at radius 3 is 1.89 bits per heavy atom. The minimum absolute atomic E-state index is 0.0830. The molecule has 0 bridgehead atoms. The van der Waals surface area contributed by atoms with E-state index < -0.39 is 26.2 Å². The van der Waals surface area contributed by atoms with Crippen LogP contribution in [-0.2, 0) is 20.0 Å². The van der Waals surface area contributed by atoms with Crippen molar-refractivity contribution in [1.29, 1.82) is 0 Å². The normalized spacial score (nSPS) is 17.6. The summed E-state index contributed by atoms with van der Waals surface area (Å²) >= 11 is 0. The van der Waals surface area contributed by atoms with Crippen LogP contribution in [0.5, 0.6) is 5.75 Å². The van der Waals surface area contributed by atoms with Crippen LogP contribution in [0.25, 0.3) is 0 Å². The Balaban J connectivity index is 1.80. The summed E-state index contributed by atoms with van der Waals surface area (Å²) in [4.78, 5) is 2.00. The summed E-state index contributed by atoms with van der Waals surface area (Å²) in [5.41, 5.74) is 2.57. The van der Waals surface area contributed by atoms with Crippen molar-refractivity contribution in [1.82, 2.24) is 9.21 Å². The van der Waals surface area contributed by atoms with Gasteiger partial charge in [-0.05, 0) is 69.2 Å². The number of aryl methyl sites for hydroxylation is 2. The largest absolute Gasteiger partial charge is 0.497 e. The molecular weight excluding hydrogens is 510 g/mol. The Labute approximate surface area is 219 Å². The fourth-order valence-corrected chi connectivity index (χ4v) is 7.00. The first-order chi connectivity index (χ1) is 17.5. The Morgan fingerprint density at radius 1 is 0.811 bits per heavy atom. The van der Waals surface area contributed by atoms with E-state index in [9.17, 15) is 16.8 Å². The van der Waals surface area contributed by atoms with E-state index in [1.807, 2.05) is 13.8 Å². The summed E-state index contributed by atoms with van der Waals surface area (Å²) in [5.74, 6) is 0.844. The molecule has 0 spiro atoms. The first-order valence-corrected chi connectivity index (χ1v) is 14.8. The summed E-state index contributed by atoms with van der Waals surface area (Å²) < 4.78 is 64.7. The number of methoxy groups -OCH3 is 1. The number of benzene rings is 3. The molecule has 0 unspecified atom stereocenters. The molecule has 0 aliphatic carbocycles. The highest BCUT2D eigenvalue weighted by molar-refractivity contribution is 7.90. The second kappa shape index (κ2) is 10.6. The van der Waals surface area contributed by atoms with E-state index in [2.05, 4.69) is 4.40 Å². The molecule has 1 aliphatic heterocycles. The number of rotatable bonds is 6. The van der Waals surface area contributed by atoms with E-state index in [-0.39, 0.29) is 22.2 Å². The standard InChI is InChI=1S/C27H31N3O5S2/c1-20-6-14-25(15-7-20)36(31,32)28-22(3)29-18-5-19-30(27(29)23-10-12-24(35-4)13-11-23)37(33,34)26-16-8-21(2)9-17-26/h6-17,27H,5,18-19H2,1-4H3/t27-/m1/s1. The minimum Gasteiger partial charge on any atom is -0.497 e. The zero-order valence-electron chi connectivity index (χ0n) is 21.3. The molecule has 196 valence electrons. The molecule has 10 heteroatoms. The van der Waals surface area contributed by atoms with Crippen molar-refractivity contribution in [3.63, 3.8) is 0 Å². The second-order valence-electron chi connectivity index (χ2n) is 9.05. The maximum Gasteiger partial charge on any atom is 0.283 e. The Kier molecular flexibility index (Phi) is 7.72. The first-order valence-electron chi connectivity index (χ1n) is 11.9. The topological polar surface area (TPSA) is 96.3 Å². The van der Waals surface area contributed by atoms with E-state index in [1.54, 1.807) is 79.6 Å². The van der Waals surface area contributed by atoms with Crippen molar-refractivity contribution < 1.29 is 21.6 Å². The lowest BCUT2D eigenvalue weighted by Crippen LogP contribution is -2.51. The number of hydrogen-bond donors (Lipinski definition) is 0. The third-order valence-electron chi connectivity index (χ3n) is 6.37. The van der Waals surface area contributed by atoms with Crippen molar-refractivity contribution in [3.8, 4) is 5.75 Å². The molecule has 1 atom stereocenters. The Morgan fingerprint density at radius 2 is 1.35 bits per heavy atom. The van der Waals surface area contributed by atoms with Gasteiger partial charge in [0, 0.05) is 13.1 Å². The fourth-order valence-electron chi connectivity index (χ4n) is 4.34. The van der Waals surface area contributed by atoms with Crippen molar-refractivity contribution in [2.45, 2.75) is 43.1 Å². The molecule has 1 saturated heterocycles. The molecule has 0 saturated carbocycles. The molecule has 8 nitrogen and oxygen atoms in total. The van der Waals surface area contributed by atoms with Crippen LogP contribution in [0.1, 0.15) is 36.2 Å². The van der Waals surface area contributed by atoms with Gasteiger partial charge in [0.05, 0.1) is 16.9 Å². The number of sulfonamides is 2. The monoisotopic (exact) mass is 541 g/mol. The molecule has 0 radical (unpaired) electrons. The maximum absolute atomic E-state index is 13.8. The van der Waals surface area contributed by atoms with Crippen LogP contribution < -0.4 is 4.74 Å². The molecule has 3 aromatic rings. The lowest BCUT2D eigenvalue weighted by atomic mass is 10.1. The third-order valence-corrected chi connectivity index (χ3v) is 9.61. The smallest absolute Gasteiger partial charge is 0.283 e. The van der Waals surface area contributed by atoms with Gasteiger partial charge in [0.1, 0.15) is 17.8 Å². The fraction of sp³-hybridized carbons (Fsp3) is 0.296. The van der Waals surface area contributed by atoms with Crippen LogP contribution in [0.2, 0.25) is 0 Å². The highest BCUT2D eigenvalue weighted by atomic mass is 32.2. The van der Waals surface area contributed by atoms with E-state index in [0.717, 1.165) is 11.1 Å². The zero-order chi connectivity index (χ0) is 26.8. The predicted molar refractivity (Wildman–Crippen MR) is 144 cm³/mol. The summed E-state index contributed by atoms with van der Waals surface area (Å²) in [6.07, 6.45) is -0.280. The number of hydrogen-bond acceptors (Lipinski definition) is 5. The second-order valence-corrected chi connectivity index (χ2v) is 12.5. The van der Waals surface area contributed by atoms with Crippen LogP contribution in [0.15, 0.2) is 87.0 Å². The zero-order valence-corrected chi connectivity index (χ0v) is 23.0. The average molecular weight is 542 g/mol. The van der Waals surface area contributed by atoms with Crippen molar-refractivity contribution in [3.05, 3.63) is 89.5 Å². The molecule has 1 fully saturated rings.